The largest absolute Gasteiger partial charge is 0.481 e. The van der Waals surface area contributed by atoms with Gasteiger partial charge in [-0.25, -0.2) is 4.68 Å². The van der Waals surface area contributed by atoms with Crippen molar-refractivity contribution in [3.05, 3.63) is 41.7 Å². The molecule has 1 fully saturated rings. The molecule has 3 rings (SSSR count). The SMILES string of the molecule is CCC(CC(=O)O)n1nnnc1C1CC1c1ccccc1. The number of hydrogen-bond donors (Lipinski definition) is 1. The molecule has 110 valence electrons. The third-order valence-corrected chi connectivity index (χ3v) is 4.10. The summed E-state index contributed by atoms with van der Waals surface area (Å²) < 4.78 is 1.71. The van der Waals surface area contributed by atoms with E-state index in [1.54, 1.807) is 4.68 Å². The molecule has 2 aromatic rings. The Bertz CT molecular complexity index is 626. The van der Waals surface area contributed by atoms with E-state index < -0.39 is 5.97 Å². The lowest BCUT2D eigenvalue weighted by Crippen LogP contribution is -2.17. The molecular formula is C15H18N4O2. The lowest BCUT2D eigenvalue weighted by Gasteiger charge is -2.14. The average Bonchev–Trinajstić information content (AvgIpc) is 3.15. The van der Waals surface area contributed by atoms with Crippen LogP contribution >= 0.6 is 0 Å². The number of carboxylic acid groups (broad SMARTS) is 1. The lowest BCUT2D eigenvalue weighted by molar-refractivity contribution is -0.138. The number of hydrogen-bond acceptors (Lipinski definition) is 4. The van der Waals surface area contributed by atoms with Crippen LogP contribution in [0.25, 0.3) is 0 Å². The van der Waals surface area contributed by atoms with Gasteiger partial charge in [-0.3, -0.25) is 4.79 Å². The molecule has 3 unspecified atom stereocenters. The van der Waals surface area contributed by atoms with E-state index in [4.69, 9.17) is 5.11 Å². The van der Waals surface area contributed by atoms with E-state index in [1.807, 2.05) is 25.1 Å². The molecule has 1 saturated carbocycles. The van der Waals surface area contributed by atoms with Gasteiger partial charge in [0.1, 0.15) is 0 Å². The minimum Gasteiger partial charge on any atom is -0.481 e. The predicted molar refractivity (Wildman–Crippen MR) is 75.9 cm³/mol. The van der Waals surface area contributed by atoms with E-state index in [0.717, 1.165) is 12.2 Å². The van der Waals surface area contributed by atoms with Gasteiger partial charge in [0.25, 0.3) is 0 Å². The topological polar surface area (TPSA) is 80.9 Å². The highest BCUT2D eigenvalue weighted by atomic mass is 16.4. The minimum absolute atomic E-state index is 0.0528. The summed E-state index contributed by atoms with van der Waals surface area (Å²) in [5.74, 6) is 0.735. The Morgan fingerprint density at radius 2 is 2.14 bits per heavy atom. The molecule has 1 aromatic carbocycles. The van der Waals surface area contributed by atoms with Gasteiger partial charge in [-0.2, -0.15) is 0 Å². The van der Waals surface area contributed by atoms with Crippen molar-refractivity contribution in [3.8, 4) is 0 Å². The van der Waals surface area contributed by atoms with Crippen LogP contribution in [0, 0.1) is 0 Å². The van der Waals surface area contributed by atoms with E-state index in [0.29, 0.717) is 18.3 Å². The van der Waals surface area contributed by atoms with E-state index in [1.165, 1.54) is 5.56 Å². The lowest BCUT2D eigenvalue weighted by atomic mass is 10.1. The van der Waals surface area contributed by atoms with Gasteiger partial charge in [-0.15, -0.1) is 5.10 Å². The van der Waals surface area contributed by atoms with Gasteiger partial charge < -0.3 is 5.11 Å². The number of nitrogens with zero attached hydrogens (tertiary/aromatic N) is 4. The number of carbonyl (C=O) groups is 1. The van der Waals surface area contributed by atoms with Crippen LogP contribution in [0.4, 0.5) is 0 Å². The van der Waals surface area contributed by atoms with Crippen molar-refractivity contribution < 1.29 is 9.90 Å². The maximum Gasteiger partial charge on any atom is 0.305 e. The van der Waals surface area contributed by atoms with Crippen molar-refractivity contribution >= 4 is 5.97 Å². The summed E-state index contributed by atoms with van der Waals surface area (Å²) in [6, 6.07) is 10.1. The standard InChI is InChI=1S/C15H18N4O2/c1-2-11(8-14(20)21)19-15(16-17-18-19)13-9-12(13)10-6-4-3-5-7-10/h3-7,11-13H,2,8-9H2,1H3,(H,20,21). The molecule has 0 spiro atoms. The van der Waals surface area contributed by atoms with Crippen LogP contribution in [-0.2, 0) is 4.79 Å². The molecule has 1 aromatic heterocycles. The first-order valence-electron chi connectivity index (χ1n) is 7.25. The molecule has 1 N–H and O–H groups in total. The Morgan fingerprint density at radius 1 is 1.38 bits per heavy atom. The molecule has 0 bridgehead atoms. The molecule has 6 heteroatoms. The Balaban J connectivity index is 1.79. The van der Waals surface area contributed by atoms with Crippen molar-refractivity contribution in [1.29, 1.82) is 0 Å². The van der Waals surface area contributed by atoms with Crippen molar-refractivity contribution in [1.82, 2.24) is 20.2 Å². The Kier molecular flexibility index (Phi) is 3.68. The molecule has 6 nitrogen and oxygen atoms in total. The Morgan fingerprint density at radius 3 is 2.81 bits per heavy atom. The van der Waals surface area contributed by atoms with Crippen LogP contribution in [0.15, 0.2) is 30.3 Å². The zero-order chi connectivity index (χ0) is 14.8. The van der Waals surface area contributed by atoms with Crippen molar-refractivity contribution in [3.63, 3.8) is 0 Å². The zero-order valence-corrected chi connectivity index (χ0v) is 11.9. The van der Waals surface area contributed by atoms with Gasteiger partial charge in [0.05, 0.1) is 12.5 Å². The molecule has 0 aliphatic heterocycles. The summed E-state index contributed by atoms with van der Waals surface area (Å²) in [5, 5.41) is 20.9. The normalized spacial score (nSPS) is 22.0. The number of tetrazole rings is 1. The highest BCUT2D eigenvalue weighted by Crippen LogP contribution is 2.54. The molecule has 3 atom stereocenters. The molecule has 1 aliphatic rings. The molecule has 0 amide bonds. The number of aromatic nitrogens is 4. The number of rotatable bonds is 6. The van der Waals surface area contributed by atoms with Gasteiger partial charge in [0.2, 0.25) is 0 Å². The molecule has 0 radical (unpaired) electrons. The molecular weight excluding hydrogens is 268 g/mol. The zero-order valence-electron chi connectivity index (χ0n) is 11.9. The first-order chi connectivity index (χ1) is 10.2. The van der Waals surface area contributed by atoms with Gasteiger partial charge in [-0.05, 0) is 34.7 Å². The molecule has 1 aliphatic carbocycles. The first kappa shape index (κ1) is 13.7. The van der Waals surface area contributed by atoms with E-state index in [9.17, 15) is 4.79 Å². The van der Waals surface area contributed by atoms with Crippen LogP contribution in [0.5, 0.6) is 0 Å². The number of carboxylic acids is 1. The monoisotopic (exact) mass is 286 g/mol. The Hall–Kier alpha value is -2.24. The summed E-state index contributed by atoms with van der Waals surface area (Å²) in [5.41, 5.74) is 1.29. The van der Waals surface area contributed by atoms with Crippen molar-refractivity contribution in [2.75, 3.05) is 0 Å². The third-order valence-electron chi connectivity index (χ3n) is 4.10. The second-order valence-electron chi connectivity index (χ2n) is 5.50. The van der Waals surface area contributed by atoms with Crippen LogP contribution in [0.3, 0.4) is 0 Å². The van der Waals surface area contributed by atoms with Gasteiger partial charge in [-0.1, -0.05) is 37.3 Å². The summed E-state index contributed by atoms with van der Waals surface area (Å²) in [6.07, 6.45) is 1.78. The molecule has 21 heavy (non-hydrogen) atoms. The predicted octanol–water partition coefficient (Wildman–Crippen LogP) is 2.37. The summed E-state index contributed by atoms with van der Waals surface area (Å²) in [4.78, 5) is 11.0. The quantitative estimate of drug-likeness (QED) is 0.881. The number of aliphatic carboxylic acids is 1. The highest BCUT2D eigenvalue weighted by molar-refractivity contribution is 5.67. The van der Waals surface area contributed by atoms with E-state index >= 15 is 0 Å². The molecule has 1 heterocycles. The smallest absolute Gasteiger partial charge is 0.305 e. The second kappa shape index (κ2) is 5.63. The van der Waals surface area contributed by atoms with Gasteiger partial charge in [0.15, 0.2) is 5.82 Å². The van der Waals surface area contributed by atoms with E-state index in [2.05, 4.69) is 27.7 Å². The fraction of sp³-hybridized carbons (Fsp3) is 0.467. The third kappa shape index (κ3) is 2.79. The average molecular weight is 286 g/mol. The van der Waals surface area contributed by atoms with Crippen molar-refractivity contribution in [2.45, 2.75) is 44.1 Å². The fourth-order valence-corrected chi connectivity index (χ4v) is 2.86. The number of benzene rings is 1. The van der Waals surface area contributed by atoms with Crippen molar-refractivity contribution in [2.24, 2.45) is 0 Å². The minimum atomic E-state index is -0.821. The van der Waals surface area contributed by atoms with Gasteiger partial charge >= 0.3 is 5.97 Å². The summed E-state index contributed by atoms with van der Waals surface area (Å²) >= 11 is 0. The van der Waals surface area contributed by atoms with Crippen LogP contribution < -0.4 is 0 Å². The maximum absolute atomic E-state index is 11.0. The van der Waals surface area contributed by atoms with Crippen LogP contribution in [0.2, 0.25) is 0 Å². The summed E-state index contributed by atoms with van der Waals surface area (Å²) in [6.45, 7) is 1.96. The Labute approximate surface area is 122 Å². The van der Waals surface area contributed by atoms with Crippen LogP contribution in [-0.4, -0.2) is 31.3 Å². The van der Waals surface area contributed by atoms with E-state index in [-0.39, 0.29) is 12.5 Å². The van der Waals surface area contributed by atoms with Gasteiger partial charge in [0, 0.05) is 5.92 Å². The summed E-state index contributed by atoms with van der Waals surface area (Å²) in [7, 11) is 0. The fourth-order valence-electron chi connectivity index (χ4n) is 2.86. The van der Waals surface area contributed by atoms with Crippen LogP contribution in [0.1, 0.15) is 55.5 Å². The highest BCUT2D eigenvalue weighted by Gasteiger charge is 2.43. The molecule has 0 saturated heterocycles. The first-order valence-corrected chi connectivity index (χ1v) is 7.25. The maximum atomic E-state index is 11.0. The second-order valence-corrected chi connectivity index (χ2v) is 5.50.